The third-order valence-corrected chi connectivity index (χ3v) is 2.11. The first-order chi connectivity index (χ1) is 7.57. The largest absolute Gasteiger partial charge is 0.279 e. The minimum atomic E-state index is -0.648. The van der Waals surface area contributed by atoms with Crippen molar-refractivity contribution in [2.75, 3.05) is 0 Å². The van der Waals surface area contributed by atoms with E-state index in [2.05, 4.69) is 0 Å². The Balaban J connectivity index is 3.34. The maximum absolute atomic E-state index is 10.7. The molecule has 0 N–H and O–H groups in total. The molecule has 7 heteroatoms. The van der Waals surface area contributed by atoms with Gasteiger partial charge < -0.3 is 0 Å². The summed E-state index contributed by atoms with van der Waals surface area (Å²) in [5.74, 6) is 0. The van der Waals surface area contributed by atoms with Crippen LogP contribution in [-0.2, 0) is 6.42 Å². The van der Waals surface area contributed by atoms with E-state index < -0.39 is 9.85 Å². The zero-order chi connectivity index (χ0) is 12.1. The van der Waals surface area contributed by atoms with Gasteiger partial charge in [-0.2, -0.15) is 0 Å². The number of hydrogen-bond donors (Lipinski definition) is 0. The Kier molecular flexibility index (Phi) is 3.96. The van der Waals surface area contributed by atoms with E-state index in [1.807, 2.05) is 0 Å². The molecular weight excluding hydrogens is 236 g/mol. The first-order valence-corrected chi connectivity index (χ1v) is 4.67. The van der Waals surface area contributed by atoms with Gasteiger partial charge in [0, 0.05) is 24.1 Å². The summed E-state index contributed by atoms with van der Waals surface area (Å²) in [7, 11) is 0. The lowest BCUT2D eigenvalue weighted by Gasteiger charge is -2.00. The molecule has 0 radical (unpaired) electrons. The topological polar surface area (TPSA) is 86.3 Å². The summed E-state index contributed by atoms with van der Waals surface area (Å²) in [6, 6.07) is 3.74. The molecule has 0 unspecified atom stereocenters. The van der Waals surface area contributed by atoms with Crippen LogP contribution in [0.4, 0.5) is 11.4 Å². The molecule has 0 aromatic heterocycles. The van der Waals surface area contributed by atoms with Crippen molar-refractivity contribution >= 4 is 23.0 Å². The van der Waals surface area contributed by atoms with Crippen LogP contribution in [0.2, 0.25) is 0 Å². The van der Waals surface area contributed by atoms with Gasteiger partial charge in [0.2, 0.25) is 0 Å². The SMILES string of the molecule is O=[N+]([O-])c1cccc([N+](=O)[O-])c1CC=CCl. The lowest BCUT2D eigenvalue weighted by Crippen LogP contribution is -2.00. The average Bonchev–Trinajstić information content (AvgIpc) is 2.25. The molecule has 1 aromatic rings. The van der Waals surface area contributed by atoms with Crippen molar-refractivity contribution in [1.29, 1.82) is 0 Å². The fourth-order valence-electron chi connectivity index (χ4n) is 1.28. The van der Waals surface area contributed by atoms with Gasteiger partial charge in [-0.15, -0.1) is 0 Å². The van der Waals surface area contributed by atoms with Crippen LogP contribution in [0.1, 0.15) is 5.56 Å². The molecule has 0 saturated heterocycles. The van der Waals surface area contributed by atoms with E-state index in [0.717, 1.165) is 0 Å². The summed E-state index contributed by atoms with van der Waals surface area (Å²) in [4.78, 5) is 20.1. The maximum Gasteiger partial charge on any atom is 0.279 e. The third-order valence-electron chi connectivity index (χ3n) is 1.93. The molecule has 0 aliphatic rings. The summed E-state index contributed by atoms with van der Waals surface area (Å²) in [6.07, 6.45) is 1.47. The number of halogens is 1. The van der Waals surface area contributed by atoms with Crippen molar-refractivity contribution in [3.05, 3.63) is 55.6 Å². The number of nitro benzene ring substituents is 2. The monoisotopic (exact) mass is 242 g/mol. The van der Waals surface area contributed by atoms with Crippen molar-refractivity contribution < 1.29 is 9.85 Å². The molecule has 0 saturated carbocycles. The Morgan fingerprint density at radius 3 is 2.06 bits per heavy atom. The average molecular weight is 243 g/mol. The molecule has 1 aromatic carbocycles. The van der Waals surface area contributed by atoms with Gasteiger partial charge in [-0.1, -0.05) is 17.7 Å². The van der Waals surface area contributed by atoms with Crippen LogP contribution >= 0.6 is 11.6 Å². The minimum absolute atomic E-state index is 0.0504. The Bertz CT molecular complexity index is 427. The number of benzene rings is 1. The van der Waals surface area contributed by atoms with Gasteiger partial charge in [-0.3, -0.25) is 20.2 Å². The Labute approximate surface area is 95.4 Å². The van der Waals surface area contributed by atoms with Gasteiger partial charge in [0.15, 0.2) is 0 Å². The highest BCUT2D eigenvalue weighted by molar-refractivity contribution is 6.25. The van der Waals surface area contributed by atoms with Crippen molar-refractivity contribution in [2.45, 2.75) is 6.42 Å². The van der Waals surface area contributed by atoms with E-state index in [0.29, 0.717) is 0 Å². The predicted molar refractivity (Wildman–Crippen MR) is 58.4 cm³/mol. The van der Waals surface area contributed by atoms with Crippen molar-refractivity contribution in [2.24, 2.45) is 0 Å². The molecule has 84 valence electrons. The molecule has 16 heavy (non-hydrogen) atoms. The number of nitro groups is 2. The lowest BCUT2D eigenvalue weighted by molar-refractivity contribution is -0.395. The quantitative estimate of drug-likeness (QED) is 0.600. The van der Waals surface area contributed by atoms with Crippen LogP contribution in [0.5, 0.6) is 0 Å². The van der Waals surface area contributed by atoms with Crippen LogP contribution in [0, 0.1) is 20.2 Å². The summed E-state index contributed by atoms with van der Waals surface area (Å²) in [5.41, 5.74) is 0.669. The van der Waals surface area contributed by atoms with Crippen LogP contribution in [0.3, 0.4) is 0 Å². The van der Waals surface area contributed by atoms with Gasteiger partial charge in [0.05, 0.1) is 9.85 Å². The fourth-order valence-corrected chi connectivity index (χ4v) is 1.37. The zero-order valence-electron chi connectivity index (χ0n) is 8.00. The van der Waals surface area contributed by atoms with E-state index in [1.165, 1.54) is 29.8 Å². The number of allylic oxidation sites excluding steroid dienone is 1. The molecule has 0 bridgehead atoms. The van der Waals surface area contributed by atoms with Crippen LogP contribution in [0.15, 0.2) is 29.8 Å². The molecule has 0 atom stereocenters. The molecule has 0 spiro atoms. The highest BCUT2D eigenvalue weighted by Crippen LogP contribution is 2.28. The van der Waals surface area contributed by atoms with Crippen LogP contribution in [-0.4, -0.2) is 9.85 Å². The van der Waals surface area contributed by atoms with Gasteiger partial charge in [0.1, 0.15) is 5.56 Å². The van der Waals surface area contributed by atoms with Gasteiger partial charge >= 0.3 is 0 Å². The summed E-state index contributed by atoms with van der Waals surface area (Å²) < 4.78 is 0. The maximum atomic E-state index is 10.7. The van der Waals surface area contributed by atoms with Gasteiger partial charge in [0.25, 0.3) is 11.4 Å². The molecule has 6 nitrogen and oxygen atoms in total. The van der Waals surface area contributed by atoms with Crippen molar-refractivity contribution in [3.8, 4) is 0 Å². The first kappa shape index (κ1) is 12.1. The summed E-state index contributed by atoms with van der Waals surface area (Å²) in [5, 5.41) is 21.4. The number of hydrogen-bond acceptors (Lipinski definition) is 4. The van der Waals surface area contributed by atoms with E-state index in [-0.39, 0.29) is 23.4 Å². The lowest BCUT2D eigenvalue weighted by atomic mass is 10.1. The Morgan fingerprint density at radius 2 is 1.69 bits per heavy atom. The molecule has 0 aliphatic carbocycles. The first-order valence-electron chi connectivity index (χ1n) is 4.23. The van der Waals surface area contributed by atoms with Crippen LogP contribution < -0.4 is 0 Å². The molecule has 0 fully saturated rings. The summed E-state index contributed by atoms with van der Waals surface area (Å²) in [6.45, 7) is 0. The second-order valence-electron chi connectivity index (χ2n) is 2.85. The van der Waals surface area contributed by atoms with Gasteiger partial charge in [-0.05, 0) is 6.07 Å². The Morgan fingerprint density at radius 1 is 1.19 bits per heavy atom. The van der Waals surface area contributed by atoms with E-state index in [1.54, 1.807) is 0 Å². The van der Waals surface area contributed by atoms with Crippen LogP contribution in [0.25, 0.3) is 0 Å². The van der Waals surface area contributed by atoms with E-state index in [9.17, 15) is 20.2 Å². The minimum Gasteiger partial charge on any atom is -0.258 e. The number of rotatable bonds is 4. The Hall–Kier alpha value is -1.95. The second kappa shape index (κ2) is 5.22. The van der Waals surface area contributed by atoms with Gasteiger partial charge in [-0.25, -0.2) is 0 Å². The smallest absolute Gasteiger partial charge is 0.258 e. The molecule has 0 amide bonds. The molecular formula is C9H7ClN2O4. The fraction of sp³-hybridized carbons (Fsp3) is 0.111. The molecule has 0 aliphatic heterocycles. The molecule has 0 heterocycles. The third kappa shape index (κ3) is 2.54. The summed E-state index contributed by atoms with van der Waals surface area (Å²) >= 11 is 5.29. The molecule has 1 rings (SSSR count). The standard InChI is InChI=1S/C9H7ClN2O4/c10-6-2-3-7-8(11(13)14)4-1-5-9(7)12(15)16/h1-2,4-6H,3H2. The van der Waals surface area contributed by atoms with Crippen molar-refractivity contribution in [1.82, 2.24) is 0 Å². The zero-order valence-corrected chi connectivity index (χ0v) is 8.76. The highest BCUT2D eigenvalue weighted by atomic mass is 35.5. The second-order valence-corrected chi connectivity index (χ2v) is 3.11. The number of nitrogens with zero attached hydrogens (tertiary/aromatic N) is 2. The van der Waals surface area contributed by atoms with E-state index in [4.69, 9.17) is 11.6 Å². The van der Waals surface area contributed by atoms with Crippen molar-refractivity contribution in [3.63, 3.8) is 0 Å². The highest BCUT2D eigenvalue weighted by Gasteiger charge is 2.22. The van der Waals surface area contributed by atoms with E-state index >= 15 is 0 Å². The predicted octanol–water partition coefficient (Wildman–Crippen LogP) is 2.80. The normalized spacial score (nSPS) is 10.6.